The Labute approximate surface area is 149 Å². The van der Waals surface area contributed by atoms with Crippen molar-refractivity contribution in [2.75, 3.05) is 13.1 Å². The summed E-state index contributed by atoms with van der Waals surface area (Å²) in [5.41, 5.74) is 7.26. The van der Waals surface area contributed by atoms with Crippen LogP contribution in [0, 0.1) is 5.41 Å². The molecule has 0 saturated heterocycles. The number of nitrogens with zero attached hydrogens (tertiary/aromatic N) is 2. The molecule has 0 spiro atoms. The molecule has 0 radical (unpaired) electrons. The number of carbonyl (C=O) groups excluding carboxylic acids is 1. The van der Waals surface area contributed by atoms with Gasteiger partial charge in [0, 0.05) is 31.9 Å². The zero-order valence-corrected chi connectivity index (χ0v) is 15.3. The molecule has 0 aliphatic carbocycles. The Balaban J connectivity index is 0.00000242. The molecule has 0 saturated carbocycles. The van der Waals surface area contributed by atoms with E-state index in [1.165, 1.54) is 0 Å². The van der Waals surface area contributed by atoms with E-state index < -0.39 is 5.41 Å². The molecule has 0 unspecified atom stereocenters. The predicted octanol–water partition coefficient (Wildman–Crippen LogP) is 2.60. The van der Waals surface area contributed by atoms with Crippen LogP contribution < -0.4 is 11.1 Å². The van der Waals surface area contributed by atoms with Crippen LogP contribution in [0.4, 0.5) is 0 Å². The first-order chi connectivity index (χ1) is 10.1. The highest BCUT2D eigenvalue weighted by atomic mass is 35.5. The average Bonchev–Trinajstić information content (AvgIpc) is 2.92. The lowest BCUT2D eigenvalue weighted by atomic mass is 9.81. The van der Waals surface area contributed by atoms with Gasteiger partial charge in [-0.15, -0.1) is 24.8 Å². The smallest absolute Gasteiger partial charge is 0.227 e. The molecule has 2 rings (SSSR count). The first-order valence-electron chi connectivity index (χ1n) is 7.56. The van der Waals surface area contributed by atoms with Crippen LogP contribution in [0.25, 0.3) is 5.65 Å². The zero-order chi connectivity index (χ0) is 15.3. The minimum atomic E-state index is -0.432. The van der Waals surface area contributed by atoms with E-state index >= 15 is 0 Å². The zero-order valence-electron chi connectivity index (χ0n) is 13.6. The monoisotopic (exact) mass is 360 g/mol. The number of aromatic nitrogens is 2. The molecular formula is C16H26Cl2N4O. The van der Waals surface area contributed by atoms with Gasteiger partial charge >= 0.3 is 0 Å². The van der Waals surface area contributed by atoms with Crippen molar-refractivity contribution in [2.24, 2.45) is 11.1 Å². The first kappa shape index (κ1) is 21.7. The number of imidazole rings is 1. The molecule has 2 aromatic rings. The number of rotatable bonds is 7. The van der Waals surface area contributed by atoms with Crippen LogP contribution in [0.3, 0.4) is 0 Å². The molecule has 5 nitrogen and oxygen atoms in total. The van der Waals surface area contributed by atoms with Gasteiger partial charge < -0.3 is 15.5 Å². The van der Waals surface area contributed by atoms with Crippen LogP contribution in [-0.4, -0.2) is 28.4 Å². The van der Waals surface area contributed by atoms with Crippen LogP contribution in [0.5, 0.6) is 0 Å². The second-order valence-electron chi connectivity index (χ2n) is 5.40. The topological polar surface area (TPSA) is 72.4 Å². The summed E-state index contributed by atoms with van der Waals surface area (Å²) in [6.45, 7) is 5.00. The molecule has 0 aromatic carbocycles. The SMILES string of the molecule is CCC(CC)(CN)C(=O)NCCc1cn2ccccc2n1.Cl.Cl. The van der Waals surface area contributed by atoms with Crippen LogP contribution in [-0.2, 0) is 11.2 Å². The Bertz CT molecular complexity index is 570. The van der Waals surface area contributed by atoms with Crippen molar-refractivity contribution >= 4 is 36.4 Å². The summed E-state index contributed by atoms with van der Waals surface area (Å²) in [7, 11) is 0. The molecule has 7 heteroatoms. The second kappa shape index (κ2) is 9.75. The van der Waals surface area contributed by atoms with E-state index in [4.69, 9.17) is 5.73 Å². The van der Waals surface area contributed by atoms with Gasteiger partial charge in [-0.3, -0.25) is 4.79 Å². The molecule has 0 aliphatic heterocycles. The van der Waals surface area contributed by atoms with E-state index in [9.17, 15) is 4.79 Å². The fraction of sp³-hybridized carbons (Fsp3) is 0.500. The van der Waals surface area contributed by atoms with Crippen molar-refractivity contribution in [1.82, 2.24) is 14.7 Å². The standard InChI is InChI=1S/C16H24N4O.2ClH/c1-3-16(4-2,12-17)15(21)18-9-8-13-11-20-10-6-5-7-14(20)19-13;;/h5-7,10-11H,3-4,8-9,12,17H2,1-2H3,(H,18,21);2*1H. The number of pyridine rings is 1. The fourth-order valence-electron chi connectivity index (χ4n) is 2.55. The van der Waals surface area contributed by atoms with Crippen molar-refractivity contribution in [1.29, 1.82) is 0 Å². The fourth-order valence-corrected chi connectivity index (χ4v) is 2.55. The summed E-state index contributed by atoms with van der Waals surface area (Å²) in [4.78, 5) is 16.8. The van der Waals surface area contributed by atoms with Gasteiger partial charge in [-0.05, 0) is 25.0 Å². The third kappa shape index (κ3) is 4.83. The van der Waals surface area contributed by atoms with Crippen LogP contribution in [0.1, 0.15) is 32.4 Å². The van der Waals surface area contributed by atoms with Crippen molar-refractivity contribution in [3.8, 4) is 0 Å². The van der Waals surface area contributed by atoms with Crippen molar-refractivity contribution in [2.45, 2.75) is 33.1 Å². The number of hydrogen-bond donors (Lipinski definition) is 2. The van der Waals surface area contributed by atoms with Gasteiger partial charge in [0.25, 0.3) is 0 Å². The van der Waals surface area contributed by atoms with Crippen molar-refractivity contribution < 1.29 is 4.79 Å². The summed E-state index contributed by atoms with van der Waals surface area (Å²) in [5, 5.41) is 3.00. The van der Waals surface area contributed by atoms with Gasteiger partial charge in [0.2, 0.25) is 5.91 Å². The Morgan fingerprint density at radius 3 is 2.57 bits per heavy atom. The van der Waals surface area contributed by atoms with E-state index in [-0.39, 0.29) is 30.7 Å². The molecule has 0 fully saturated rings. The molecule has 3 N–H and O–H groups in total. The molecule has 2 aromatic heterocycles. The molecular weight excluding hydrogens is 335 g/mol. The van der Waals surface area contributed by atoms with E-state index in [0.29, 0.717) is 13.1 Å². The molecule has 0 bridgehead atoms. The molecule has 0 atom stereocenters. The molecule has 0 aliphatic rings. The van der Waals surface area contributed by atoms with Gasteiger partial charge in [0.15, 0.2) is 0 Å². The normalized spacial score (nSPS) is 10.7. The maximum absolute atomic E-state index is 12.3. The van der Waals surface area contributed by atoms with Gasteiger partial charge in [-0.2, -0.15) is 0 Å². The Kier molecular flexibility index (Phi) is 9.20. The molecule has 2 heterocycles. The van der Waals surface area contributed by atoms with Crippen molar-refractivity contribution in [3.05, 3.63) is 36.3 Å². The maximum Gasteiger partial charge on any atom is 0.227 e. The maximum atomic E-state index is 12.3. The van der Waals surface area contributed by atoms with E-state index in [1.54, 1.807) is 0 Å². The van der Waals surface area contributed by atoms with Crippen LogP contribution in [0.15, 0.2) is 30.6 Å². The highest BCUT2D eigenvalue weighted by molar-refractivity contribution is 5.85. The number of nitrogens with two attached hydrogens (primary N) is 1. The minimum absolute atomic E-state index is 0. The Morgan fingerprint density at radius 1 is 1.30 bits per heavy atom. The predicted molar refractivity (Wildman–Crippen MR) is 98.5 cm³/mol. The van der Waals surface area contributed by atoms with Crippen molar-refractivity contribution in [3.63, 3.8) is 0 Å². The largest absolute Gasteiger partial charge is 0.355 e. The van der Waals surface area contributed by atoms with Gasteiger partial charge in [-0.1, -0.05) is 19.9 Å². The van der Waals surface area contributed by atoms with Gasteiger partial charge in [-0.25, -0.2) is 4.98 Å². The summed E-state index contributed by atoms with van der Waals surface area (Å²) in [5.74, 6) is 0.0544. The lowest BCUT2D eigenvalue weighted by molar-refractivity contribution is -0.131. The minimum Gasteiger partial charge on any atom is -0.355 e. The number of nitrogens with one attached hydrogen (secondary N) is 1. The Morgan fingerprint density at radius 2 is 2.00 bits per heavy atom. The quantitative estimate of drug-likeness (QED) is 0.796. The molecule has 23 heavy (non-hydrogen) atoms. The summed E-state index contributed by atoms with van der Waals surface area (Å²) < 4.78 is 1.99. The van der Waals surface area contributed by atoms with E-state index in [2.05, 4.69) is 10.3 Å². The van der Waals surface area contributed by atoms with Gasteiger partial charge in [0.05, 0.1) is 11.1 Å². The number of amides is 1. The third-order valence-electron chi connectivity index (χ3n) is 4.31. The lowest BCUT2D eigenvalue weighted by Crippen LogP contribution is -2.45. The Hall–Kier alpha value is -1.30. The van der Waals surface area contributed by atoms with E-state index in [0.717, 1.165) is 30.6 Å². The summed E-state index contributed by atoms with van der Waals surface area (Å²) in [6, 6.07) is 5.90. The third-order valence-corrected chi connectivity index (χ3v) is 4.31. The highest BCUT2D eigenvalue weighted by Crippen LogP contribution is 2.24. The first-order valence-corrected chi connectivity index (χ1v) is 7.56. The number of hydrogen-bond acceptors (Lipinski definition) is 3. The summed E-state index contributed by atoms with van der Waals surface area (Å²) in [6.07, 6.45) is 6.22. The van der Waals surface area contributed by atoms with Gasteiger partial charge in [0.1, 0.15) is 5.65 Å². The number of fused-ring (bicyclic) bond motifs is 1. The highest BCUT2D eigenvalue weighted by Gasteiger charge is 2.32. The van der Waals surface area contributed by atoms with Crippen LogP contribution in [0.2, 0.25) is 0 Å². The second-order valence-corrected chi connectivity index (χ2v) is 5.40. The number of carbonyl (C=O) groups is 1. The molecule has 130 valence electrons. The average molecular weight is 361 g/mol. The van der Waals surface area contributed by atoms with Crippen LogP contribution >= 0.6 is 24.8 Å². The number of halogens is 2. The molecule has 1 amide bonds. The summed E-state index contributed by atoms with van der Waals surface area (Å²) >= 11 is 0. The van der Waals surface area contributed by atoms with E-state index in [1.807, 2.05) is 48.8 Å². The lowest BCUT2D eigenvalue weighted by Gasteiger charge is -2.28.